The monoisotopic (exact) mass is 639 g/mol. The maximum Gasteiger partial charge on any atom is 0.306 e. The molecule has 5 unspecified atom stereocenters. The van der Waals surface area contributed by atoms with E-state index in [9.17, 15) is 4.79 Å². The standard InChI is InChI=1S/C44H78O2/c1-8-34(4)21-17-15-13-11-9-10-12-14-16-18-23-42(45)46-37-28-30-43(6)36(32-37)24-25-38-40-27-26-39(35(5)22-19-20-33(2)3)44(40,7)31-29-41(38)43/h24,33-35,37-41H,8-23,25-32H2,1-7H3/t34?,35-,37?,38?,39-,40?,41?,43+,44-/m1/s1. The highest BCUT2D eigenvalue weighted by Gasteiger charge is 2.59. The first-order valence-corrected chi connectivity index (χ1v) is 21.0. The first kappa shape index (κ1) is 38.0. The summed E-state index contributed by atoms with van der Waals surface area (Å²) >= 11 is 0. The summed E-state index contributed by atoms with van der Waals surface area (Å²) in [5, 5.41) is 0. The molecule has 4 aliphatic rings. The Bertz CT molecular complexity index is 934. The van der Waals surface area contributed by atoms with Gasteiger partial charge in [-0.25, -0.2) is 0 Å². The number of carbonyl (C=O) groups excluding carboxylic acids is 1. The van der Waals surface area contributed by atoms with Crippen LogP contribution in [0.3, 0.4) is 0 Å². The molecule has 266 valence electrons. The van der Waals surface area contributed by atoms with Crippen molar-refractivity contribution in [2.24, 2.45) is 52.3 Å². The smallest absolute Gasteiger partial charge is 0.306 e. The van der Waals surface area contributed by atoms with Crippen LogP contribution in [-0.4, -0.2) is 12.1 Å². The predicted octanol–water partition coefficient (Wildman–Crippen LogP) is 13.7. The summed E-state index contributed by atoms with van der Waals surface area (Å²) in [6, 6.07) is 0. The van der Waals surface area contributed by atoms with Gasteiger partial charge >= 0.3 is 5.97 Å². The zero-order chi connectivity index (χ0) is 33.2. The lowest BCUT2D eigenvalue weighted by Gasteiger charge is -2.58. The Balaban J connectivity index is 1.13. The van der Waals surface area contributed by atoms with Crippen LogP contribution in [0.2, 0.25) is 0 Å². The maximum atomic E-state index is 12.8. The van der Waals surface area contributed by atoms with Gasteiger partial charge in [-0.15, -0.1) is 0 Å². The quantitative estimate of drug-likeness (QED) is 0.0753. The molecule has 0 aliphatic heterocycles. The molecule has 2 nitrogen and oxygen atoms in total. The topological polar surface area (TPSA) is 26.3 Å². The molecule has 9 atom stereocenters. The van der Waals surface area contributed by atoms with Crippen LogP contribution < -0.4 is 0 Å². The summed E-state index contributed by atoms with van der Waals surface area (Å²) in [6.45, 7) is 17.4. The molecule has 0 aromatic carbocycles. The Hall–Kier alpha value is -0.790. The summed E-state index contributed by atoms with van der Waals surface area (Å²) in [7, 11) is 0. The van der Waals surface area contributed by atoms with Crippen LogP contribution in [0.5, 0.6) is 0 Å². The fourth-order valence-electron chi connectivity index (χ4n) is 11.4. The van der Waals surface area contributed by atoms with E-state index in [1.54, 1.807) is 5.57 Å². The molecule has 2 heteroatoms. The molecule has 0 spiro atoms. The number of unbranched alkanes of at least 4 members (excludes halogenated alkanes) is 9. The van der Waals surface area contributed by atoms with Gasteiger partial charge in [-0.3, -0.25) is 4.79 Å². The summed E-state index contributed by atoms with van der Waals surface area (Å²) < 4.78 is 6.13. The molecule has 4 rings (SSSR count). The van der Waals surface area contributed by atoms with Crippen molar-refractivity contribution in [1.29, 1.82) is 0 Å². The van der Waals surface area contributed by atoms with E-state index < -0.39 is 0 Å². The van der Waals surface area contributed by atoms with Crippen molar-refractivity contribution in [3.8, 4) is 0 Å². The van der Waals surface area contributed by atoms with Crippen LogP contribution in [0, 0.1) is 52.3 Å². The molecule has 0 amide bonds. The highest BCUT2D eigenvalue weighted by atomic mass is 16.5. The van der Waals surface area contributed by atoms with E-state index in [2.05, 4.69) is 54.5 Å². The van der Waals surface area contributed by atoms with Crippen molar-refractivity contribution >= 4 is 5.97 Å². The number of carbonyl (C=O) groups is 1. The van der Waals surface area contributed by atoms with Gasteiger partial charge in [-0.2, -0.15) is 0 Å². The van der Waals surface area contributed by atoms with Crippen molar-refractivity contribution < 1.29 is 9.53 Å². The minimum absolute atomic E-state index is 0.0632. The lowest BCUT2D eigenvalue weighted by molar-refractivity contribution is -0.151. The lowest BCUT2D eigenvalue weighted by Crippen LogP contribution is -2.51. The fourth-order valence-corrected chi connectivity index (χ4v) is 11.4. The van der Waals surface area contributed by atoms with Crippen molar-refractivity contribution in [2.45, 2.75) is 209 Å². The number of fused-ring (bicyclic) bond motifs is 5. The minimum Gasteiger partial charge on any atom is -0.462 e. The van der Waals surface area contributed by atoms with Crippen molar-refractivity contribution in [1.82, 2.24) is 0 Å². The molecule has 0 bridgehead atoms. The van der Waals surface area contributed by atoms with Crippen LogP contribution in [0.1, 0.15) is 203 Å². The number of rotatable bonds is 20. The Kier molecular flexibility index (Phi) is 15.1. The molecule has 0 aromatic rings. The van der Waals surface area contributed by atoms with Crippen molar-refractivity contribution in [3.05, 3.63) is 11.6 Å². The first-order chi connectivity index (χ1) is 22.1. The van der Waals surface area contributed by atoms with Gasteiger partial charge in [0.05, 0.1) is 0 Å². The molecule has 3 saturated carbocycles. The van der Waals surface area contributed by atoms with Crippen LogP contribution in [0.25, 0.3) is 0 Å². The largest absolute Gasteiger partial charge is 0.462 e. The lowest BCUT2D eigenvalue weighted by atomic mass is 9.47. The molecule has 3 fully saturated rings. The Morgan fingerprint density at radius 3 is 2.13 bits per heavy atom. The van der Waals surface area contributed by atoms with E-state index in [4.69, 9.17) is 4.74 Å². The predicted molar refractivity (Wildman–Crippen MR) is 198 cm³/mol. The van der Waals surface area contributed by atoms with E-state index in [0.717, 1.165) is 60.7 Å². The van der Waals surface area contributed by atoms with E-state index in [1.807, 2.05) is 0 Å². The zero-order valence-electron chi connectivity index (χ0n) is 32.0. The van der Waals surface area contributed by atoms with Gasteiger partial charge in [-0.1, -0.05) is 150 Å². The normalized spacial score (nSPS) is 33.6. The van der Waals surface area contributed by atoms with Crippen LogP contribution >= 0.6 is 0 Å². The highest BCUT2D eigenvalue weighted by Crippen LogP contribution is 2.67. The Morgan fingerprint density at radius 2 is 1.46 bits per heavy atom. The van der Waals surface area contributed by atoms with Gasteiger partial charge < -0.3 is 4.74 Å². The van der Waals surface area contributed by atoms with Crippen molar-refractivity contribution in [2.75, 3.05) is 0 Å². The Labute approximate surface area is 287 Å². The average molecular weight is 639 g/mol. The van der Waals surface area contributed by atoms with Gasteiger partial charge in [0.2, 0.25) is 0 Å². The number of hydrogen-bond acceptors (Lipinski definition) is 2. The SMILES string of the molecule is CCC(C)CCCCCCCCCCCCC(=O)OC1CC[C@@]2(C)C(=CCC3C2CC[C@@]2(C)C3CC[C@@H]2[C@H](C)CCCC(C)C)C1. The fraction of sp³-hybridized carbons (Fsp3) is 0.932. The number of allylic oxidation sites excluding steroid dienone is 1. The first-order valence-electron chi connectivity index (χ1n) is 21.0. The second-order valence-corrected chi connectivity index (χ2v) is 18.2. The van der Waals surface area contributed by atoms with Crippen molar-refractivity contribution in [3.63, 3.8) is 0 Å². The van der Waals surface area contributed by atoms with E-state index in [-0.39, 0.29) is 12.1 Å². The summed E-state index contributed by atoms with van der Waals surface area (Å²) in [5.41, 5.74) is 2.54. The molecule has 0 heterocycles. The number of esters is 1. The van der Waals surface area contributed by atoms with Crippen LogP contribution in [-0.2, 0) is 9.53 Å². The summed E-state index contributed by atoms with van der Waals surface area (Å²) in [5.74, 6) is 6.25. The molecular formula is C44H78O2. The zero-order valence-corrected chi connectivity index (χ0v) is 32.0. The van der Waals surface area contributed by atoms with E-state index in [1.165, 1.54) is 128 Å². The molecular weight excluding hydrogens is 560 g/mol. The molecule has 0 N–H and O–H groups in total. The molecule has 0 radical (unpaired) electrons. The Morgan fingerprint density at radius 1 is 0.783 bits per heavy atom. The third kappa shape index (κ3) is 9.89. The van der Waals surface area contributed by atoms with Gasteiger partial charge in [0.15, 0.2) is 0 Å². The summed E-state index contributed by atoms with van der Waals surface area (Å²) in [6.07, 6.45) is 33.9. The molecule has 0 aromatic heterocycles. The van der Waals surface area contributed by atoms with Crippen LogP contribution in [0.15, 0.2) is 11.6 Å². The maximum absolute atomic E-state index is 12.8. The van der Waals surface area contributed by atoms with Gasteiger partial charge in [-0.05, 0) is 104 Å². The molecule has 4 aliphatic carbocycles. The van der Waals surface area contributed by atoms with Gasteiger partial charge in [0.1, 0.15) is 6.10 Å². The molecule has 0 saturated heterocycles. The van der Waals surface area contributed by atoms with E-state index in [0.29, 0.717) is 17.3 Å². The van der Waals surface area contributed by atoms with Gasteiger partial charge in [0, 0.05) is 12.8 Å². The number of hydrogen-bond donors (Lipinski definition) is 0. The molecule has 46 heavy (non-hydrogen) atoms. The van der Waals surface area contributed by atoms with Crippen LogP contribution in [0.4, 0.5) is 0 Å². The summed E-state index contributed by atoms with van der Waals surface area (Å²) in [4.78, 5) is 12.8. The minimum atomic E-state index is 0.0632. The third-order valence-corrected chi connectivity index (χ3v) is 14.6. The second kappa shape index (κ2) is 18.3. The average Bonchev–Trinajstić information content (AvgIpc) is 3.38. The van der Waals surface area contributed by atoms with E-state index >= 15 is 0 Å². The highest BCUT2D eigenvalue weighted by molar-refractivity contribution is 5.69. The second-order valence-electron chi connectivity index (χ2n) is 18.2. The third-order valence-electron chi connectivity index (χ3n) is 14.6. The number of ether oxygens (including phenoxy) is 1. The van der Waals surface area contributed by atoms with Gasteiger partial charge in [0.25, 0.3) is 0 Å².